The van der Waals surface area contributed by atoms with Crippen LogP contribution in [0.3, 0.4) is 0 Å². The Labute approximate surface area is 267 Å². The van der Waals surface area contributed by atoms with Gasteiger partial charge >= 0.3 is 0 Å². The zero-order valence-electron chi connectivity index (χ0n) is 25.2. The lowest BCUT2D eigenvalue weighted by molar-refractivity contribution is -0.157. The van der Waals surface area contributed by atoms with Gasteiger partial charge in [0.05, 0.1) is 42.5 Å². The number of aromatic nitrogens is 5. The molecule has 7 rings (SSSR count). The summed E-state index contributed by atoms with van der Waals surface area (Å²) >= 11 is 0. The minimum absolute atomic E-state index is 0.0170. The van der Waals surface area contributed by atoms with Crippen molar-refractivity contribution in [3.63, 3.8) is 0 Å². The Morgan fingerprint density at radius 3 is 2.83 bits per heavy atom. The number of benzene rings is 2. The number of carbonyl (C=O) groups is 2. The van der Waals surface area contributed by atoms with Gasteiger partial charge in [-0.2, -0.15) is 5.10 Å². The van der Waals surface area contributed by atoms with Crippen molar-refractivity contribution < 1.29 is 33.8 Å². The summed E-state index contributed by atoms with van der Waals surface area (Å²) < 4.78 is 18.7. The van der Waals surface area contributed by atoms with Gasteiger partial charge in [0.1, 0.15) is 17.5 Å². The van der Waals surface area contributed by atoms with Crippen LogP contribution in [-0.4, -0.2) is 84.7 Å². The van der Waals surface area contributed by atoms with Crippen molar-refractivity contribution in [1.82, 2.24) is 30.5 Å². The summed E-state index contributed by atoms with van der Waals surface area (Å²) in [6.45, 7) is -0.116. The Morgan fingerprint density at radius 1 is 1.17 bits per heavy atom. The van der Waals surface area contributed by atoms with Gasteiger partial charge in [-0.3, -0.25) is 14.5 Å². The fourth-order valence-corrected chi connectivity index (χ4v) is 5.69. The molecule has 1 aliphatic carbocycles. The topological polar surface area (TPSA) is 204 Å². The monoisotopic (exact) mass is 640 g/mol. The minimum Gasteiger partial charge on any atom is -0.507 e. The van der Waals surface area contributed by atoms with E-state index in [0.717, 1.165) is 19.3 Å². The summed E-state index contributed by atoms with van der Waals surface area (Å²) in [6, 6.07) is 14.5. The maximum absolute atomic E-state index is 14.1. The Hall–Kier alpha value is -5.54. The first-order valence-electron chi connectivity index (χ1n) is 15.2. The summed E-state index contributed by atoms with van der Waals surface area (Å²) in [4.78, 5) is 28.5. The Balaban J connectivity index is 1.14. The van der Waals surface area contributed by atoms with Crippen molar-refractivity contribution in [2.24, 2.45) is 0 Å². The number of hydrogen-bond donors (Lipinski definition) is 4. The van der Waals surface area contributed by atoms with E-state index >= 15 is 0 Å². The molecule has 2 amide bonds. The van der Waals surface area contributed by atoms with Gasteiger partial charge in [0, 0.05) is 24.8 Å². The molecule has 2 aliphatic rings. The molecule has 5 aromatic rings. The molecule has 2 fully saturated rings. The highest BCUT2D eigenvalue weighted by Crippen LogP contribution is 2.30. The normalized spacial score (nSPS) is 18.1. The molecule has 1 saturated carbocycles. The Bertz CT molecular complexity index is 1940. The molecule has 47 heavy (non-hydrogen) atoms. The number of morpholine rings is 1. The van der Waals surface area contributed by atoms with Gasteiger partial charge in [0.15, 0.2) is 23.3 Å². The summed E-state index contributed by atoms with van der Waals surface area (Å²) in [5.74, 6) is -0.449. The molecule has 15 nitrogen and oxygen atoms in total. The summed E-state index contributed by atoms with van der Waals surface area (Å²) in [5, 5.41) is 42.1. The van der Waals surface area contributed by atoms with Crippen LogP contribution in [0, 0.1) is 0 Å². The van der Waals surface area contributed by atoms with E-state index in [1.165, 1.54) is 17.0 Å². The van der Waals surface area contributed by atoms with Crippen LogP contribution in [-0.2, 0) is 16.0 Å². The molecule has 1 unspecified atom stereocenters. The van der Waals surface area contributed by atoms with Gasteiger partial charge in [-0.05, 0) is 49.1 Å². The van der Waals surface area contributed by atoms with Crippen molar-refractivity contribution in [2.45, 2.75) is 43.5 Å². The molecule has 242 valence electrons. The molecular weight excluding hydrogens is 608 g/mol. The SMILES string of the molecule is Nc1noc2cc(CC(O)(CNC(=O)c3ccccc3O)[C@H]3OCCN(c4ccn(-c5cnnc(OC6CCC6)c5)n4)C3=O)ccc12. The Morgan fingerprint density at radius 2 is 2.02 bits per heavy atom. The molecular formula is C32H32N8O7. The van der Waals surface area contributed by atoms with E-state index in [0.29, 0.717) is 33.9 Å². The first-order chi connectivity index (χ1) is 22.8. The number of hydrogen-bond acceptors (Lipinski definition) is 12. The zero-order valence-corrected chi connectivity index (χ0v) is 25.2. The lowest BCUT2D eigenvalue weighted by Gasteiger charge is -2.40. The molecule has 5 N–H and O–H groups in total. The number of fused-ring (bicyclic) bond motifs is 1. The molecule has 0 radical (unpaired) electrons. The van der Waals surface area contributed by atoms with E-state index in [-0.39, 0.29) is 49.4 Å². The molecule has 0 bridgehead atoms. The number of aliphatic hydroxyl groups is 1. The number of para-hydroxylation sites is 1. The quantitative estimate of drug-likeness (QED) is 0.173. The van der Waals surface area contributed by atoms with Gasteiger partial charge in [-0.25, -0.2) is 4.68 Å². The van der Waals surface area contributed by atoms with Crippen LogP contribution < -0.4 is 20.7 Å². The number of nitrogens with zero attached hydrogens (tertiary/aromatic N) is 6. The lowest BCUT2D eigenvalue weighted by Crippen LogP contribution is -2.63. The number of phenolic OH excluding ortho intramolecular Hbond substituents is 1. The third-order valence-electron chi connectivity index (χ3n) is 8.43. The minimum atomic E-state index is -1.94. The fourth-order valence-electron chi connectivity index (χ4n) is 5.69. The highest BCUT2D eigenvalue weighted by Gasteiger charge is 2.47. The molecule has 2 aromatic carbocycles. The van der Waals surface area contributed by atoms with E-state index in [1.54, 1.807) is 59.5 Å². The second-order valence-corrected chi connectivity index (χ2v) is 11.7. The van der Waals surface area contributed by atoms with E-state index < -0.39 is 23.5 Å². The number of amides is 2. The van der Waals surface area contributed by atoms with E-state index in [2.05, 4.69) is 25.8 Å². The highest BCUT2D eigenvalue weighted by molar-refractivity contribution is 5.98. The van der Waals surface area contributed by atoms with Crippen LogP contribution in [0.1, 0.15) is 35.2 Å². The van der Waals surface area contributed by atoms with Crippen LogP contribution >= 0.6 is 0 Å². The average molecular weight is 641 g/mol. The summed E-state index contributed by atoms with van der Waals surface area (Å²) in [5.41, 5.74) is 5.52. The predicted octanol–water partition coefficient (Wildman–Crippen LogP) is 2.16. The van der Waals surface area contributed by atoms with Gasteiger partial charge in [0.25, 0.3) is 11.8 Å². The second-order valence-electron chi connectivity index (χ2n) is 11.7. The second kappa shape index (κ2) is 12.3. The number of nitrogens with two attached hydrogens (primary N) is 1. The van der Waals surface area contributed by atoms with Crippen LogP contribution in [0.25, 0.3) is 16.7 Å². The predicted molar refractivity (Wildman–Crippen MR) is 167 cm³/mol. The van der Waals surface area contributed by atoms with Gasteiger partial charge < -0.3 is 35.3 Å². The van der Waals surface area contributed by atoms with Crippen LogP contribution in [0.2, 0.25) is 0 Å². The molecule has 1 saturated heterocycles. The van der Waals surface area contributed by atoms with Crippen molar-refractivity contribution in [3.05, 3.63) is 78.1 Å². The third-order valence-corrected chi connectivity index (χ3v) is 8.43. The number of aromatic hydroxyl groups is 1. The number of phenols is 1. The number of anilines is 2. The Kier molecular flexibility index (Phi) is 7.91. The highest BCUT2D eigenvalue weighted by atomic mass is 16.5. The largest absolute Gasteiger partial charge is 0.507 e. The molecule has 2 atom stereocenters. The number of carbonyl (C=O) groups excluding carboxylic acids is 2. The van der Waals surface area contributed by atoms with Gasteiger partial charge in [-0.1, -0.05) is 23.4 Å². The number of ether oxygens (including phenoxy) is 2. The zero-order chi connectivity index (χ0) is 32.5. The number of nitrogens with one attached hydrogen (secondary N) is 1. The van der Waals surface area contributed by atoms with Crippen LogP contribution in [0.5, 0.6) is 11.6 Å². The van der Waals surface area contributed by atoms with Crippen molar-refractivity contribution in [3.8, 4) is 17.3 Å². The summed E-state index contributed by atoms with van der Waals surface area (Å²) in [6.07, 6.45) is 4.93. The first kappa shape index (κ1) is 30.1. The van der Waals surface area contributed by atoms with Crippen LogP contribution in [0.4, 0.5) is 11.6 Å². The molecule has 1 aliphatic heterocycles. The third kappa shape index (κ3) is 6.05. The lowest BCUT2D eigenvalue weighted by atomic mass is 9.86. The molecule has 3 aromatic heterocycles. The average Bonchev–Trinajstić information content (AvgIpc) is 3.69. The fraction of sp³-hybridized carbons (Fsp3) is 0.312. The van der Waals surface area contributed by atoms with Crippen LogP contribution in [0.15, 0.2) is 71.5 Å². The molecule has 0 spiro atoms. The number of rotatable bonds is 10. The van der Waals surface area contributed by atoms with E-state index in [4.69, 9.17) is 19.7 Å². The van der Waals surface area contributed by atoms with Gasteiger partial charge in [0.2, 0.25) is 5.88 Å². The standard InChI is InChI=1S/C32H32N8O7/c33-29-23-9-8-19(14-25(23)47-38-29)16-32(44,18-34-30(42)22-6-1-2-7-24(22)41)28-31(43)39(12-13-45-28)26-10-11-40(37-26)20-15-27(36-35-17-20)46-21-4-3-5-21/h1-2,6-11,14-15,17,21,28,41,44H,3-5,12-13,16,18H2,(H2,33,38)(H,34,42)/t28-,32?/m0/s1. The molecule has 4 heterocycles. The van der Waals surface area contributed by atoms with Crippen molar-refractivity contribution in [2.75, 3.05) is 30.3 Å². The van der Waals surface area contributed by atoms with E-state index in [9.17, 15) is 19.8 Å². The van der Waals surface area contributed by atoms with Gasteiger partial charge in [-0.15, -0.1) is 10.2 Å². The maximum atomic E-state index is 14.1. The first-order valence-corrected chi connectivity index (χ1v) is 15.2. The number of nitrogen functional groups attached to an aromatic ring is 1. The maximum Gasteiger partial charge on any atom is 0.260 e. The molecule has 15 heteroatoms. The smallest absolute Gasteiger partial charge is 0.260 e. The van der Waals surface area contributed by atoms with Crippen molar-refractivity contribution >= 4 is 34.4 Å². The van der Waals surface area contributed by atoms with E-state index in [1.807, 2.05) is 0 Å². The summed E-state index contributed by atoms with van der Waals surface area (Å²) in [7, 11) is 0. The van der Waals surface area contributed by atoms with Crippen molar-refractivity contribution in [1.29, 1.82) is 0 Å².